The number of nitrogens with zero attached hydrogens (tertiary/aromatic N) is 2. The fourth-order valence-electron chi connectivity index (χ4n) is 3.04. The van der Waals surface area contributed by atoms with E-state index in [-0.39, 0.29) is 17.1 Å². The summed E-state index contributed by atoms with van der Waals surface area (Å²) in [5, 5.41) is 6.71. The molecule has 1 unspecified atom stereocenters. The van der Waals surface area contributed by atoms with E-state index in [4.69, 9.17) is 16.1 Å². The van der Waals surface area contributed by atoms with Gasteiger partial charge in [0, 0.05) is 17.8 Å². The van der Waals surface area contributed by atoms with E-state index in [2.05, 4.69) is 10.5 Å². The van der Waals surface area contributed by atoms with Crippen molar-refractivity contribution in [3.05, 3.63) is 46.1 Å². The molecule has 1 aromatic heterocycles. The highest BCUT2D eigenvalue weighted by atomic mass is 35.5. The van der Waals surface area contributed by atoms with E-state index in [1.165, 1.54) is 18.2 Å². The van der Waals surface area contributed by atoms with Crippen LogP contribution in [0.3, 0.4) is 0 Å². The molecule has 122 valence electrons. The van der Waals surface area contributed by atoms with Crippen molar-refractivity contribution in [3.63, 3.8) is 0 Å². The highest BCUT2D eigenvalue weighted by molar-refractivity contribution is 6.31. The van der Waals surface area contributed by atoms with Crippen molar-refractivity contribution in [1.29, 1.82) is 0 Å². The number of carbonyl (C=O) groups is 1. The molecule has 0 saturated carbocycles. The number of hydrogen-bond acceptors (Lipinski definition) is 3. The van der Waals surface area contributed by atoms with Crippen LogP contribution >= 0.6 is 11.6 Å². The number of aromatic nitrogens is 1. The number of halogens is 2. The van der Waals surface area contributed by atoms with Crippen molar-refractivity contribution in [1.82, 2.24) is 10.1 Å². The maximum absolute atomic E-state index is 13.2. The average molecular weight is 338 g/mol. The molecule has 1 aliphatic heterocycles. The Kier molecular flexibility index (Phi) is 4.26. The largest absolute Gasteiger partial charge is 0.361 e. The van der Waals surface area contributed by atoms with Crippen molar-refractivity contribution in [2.75, 3.05) is 11.9 Å². The summed E-state index contributed by atoms with van der Waals surface area (Å²) in [4.78, 5) is 14.3. The van der Waals surface area contributed by atoms with Crippen LogP contribution in [0.25, 0.3) is 0 Å². The van der Waals surface area contributed by atoms with Crippen LogP contribution in [0.5, 0.6) is 0 Å². The average Bonchev–Trinajstić information content (AvgIpc) is 3.09. The molecule has 5 nitrogen and oxygen atoms in total. The number of aryl methyl sites for hydroxylation is 2. The van der Waals surface area contributed by atoms with E-state index < -0.39 is 5.82 Å². The van der Waals surface area contributed by atoms with Crippen LogP contribution in [0, 0.1) is 19.7 Å². The Morgan fingerprint density at radius 1 is 1.48 bits per heavy atom. The summed E-state index contributed by atoms with van der Waals surface area (Å²) in [6, 6.07) is 3.82. The Morgan fingerprint density at radius 2 is 2.26 bits per heavy atom. The normalized spacial score (nSPS) is 17.6. The number of anilines is 1. The van der Waals surface area contributed by atoms with Crippen LogP contribution < -0.4 is 5.32 Å². The molecular formula is C16H17ClFN3O2. The van der Waals surface area contributed by atoms with E-state index in [9.17, 15) is 9.18 Å². The standard InChI is InChI=1S/C16H17ClFN3O2/c1-9-15(10(2)23-20-9)14-4-3-7-21(14)16(22)19-11-5-6-13(18)12(17)8-11/h5-6,8,14H,3-4,7H2,1-2H3,(H,19,22). The first-order valence-corrected chi connectivity index (χ1v) is 7.80. The summed E-state index contributed by atoms with van der Waals surface area (Å²) < 4.78 is 18.4. The molecule has 7 heteroatoms. The van der Waals surface area contributed by atoms with Crippen molar-refractivity contribution in [2.24, 2.45) is 0 Å². The molecule has 1 fully saturated rings. The topological polar surface area (TPSA) is 58.4 Å². The molecule has 0 radical (unpaired) electrons. The molecule has 2 heterocycles. The number of urea groups is 1. The molecule has 1 aliphatic rings. The Labute approximate surface area is 138 Å². The second kappa shape index (κ2) is 6.20. The quantitative estimate of drug-likeness (QED) is 0.880. The van der Waals surface area contributed by atoms with Gasteiger partial charge in [-0.15, -0.1) is 0 Å². The van der Waals surface area contributed by atoms with E-state index in [1.54, 1.807) is 4.90 Å². The minimum Gasteiger partial charge on any atom is -0.361 e. The van der Waals surface area contributed by atoms with Gasteiger partial charge >= 0.3 is 6.03 Å². The summed E-state index contributed by atoms with van der Waals surface area (Å²) in [7, 11) is 0. The Morgan fingerprint density at radius 3 is 2.91 bits per heavy atom. The SMILES string of the molecule is Cc1noc(C)c1C1CCCN1C(=O)Nc1ccc(F)c(Cl)c1. The maximum Gasteiger partial charge on any atom is 0.322 e. The summed E-state index contributed by atoms with van der Waals surface area (Å²) in [6.07, 6.45) is 1.77. The van der Waals surface area contributed by atoms with Gasteiger partial charge < -0.3 is 14.7 Å². The van der Waals surface area contributed by atoms with Gasteiger partial charge in [-0.3, -0.25) is 0 Å². The van der Waals surface area contributed by atoms with Crippen molar-refractivity contribution in [3.8, 4) is 0 Å². The Balaban J connectivity index is 1.79. The zero-order valence-electron chi connectivity index (χ0n) is 12.9. The van der Waals surface area contributed by atoms with Gasteiger partial charge in [-0.2, -0.15) is 0 Å². The molecular weight excluding hydrogens is 321 g/mol. The second-order valence-electron chi connectivity index (χ2n) is 5.65. The summed E-state index contributed by atoms with van der Waals surface area (Å²) in [5.41, 5.74) is 2.23. The summed E-state index contributed by atoms with van der Waals surface area (Å²) in [5.74, 6) is 0.219. The van der Waals surface area contributed by atoms with Gasteiger partial charge in [-0.1, -0.05) is 16.8 Å². The molecule has 2 amide bonds. The second-order valence-corrected chi connectivity index (χ2v) is 6.06. The molecule has 0 bridgehead atoms. The Hall–Kier alpha value is -2.08. The van der Waals surface area contributed by atoms with Gasteiger partial charge in [0.05, 0.1) is 16.8 Å². The lowest BCUT2D eigenvalue weighted by atomic mass is 10.0. The van der Waals surface area contributed by atoms with Crippen LogP contribution in [0.2, 0.25) is 5.02 Å². The van der Waals surface area contributed by atoms with E-state index in [0.29, 0.717) is 12.2 Å². The minimum atomic E-state index is -0.514. The van der Waals surface area contributed by atoms with Crippen LogP contribution in [0.1, 0.15) is 35.9 Å². The molecule has 1 N–H and O–H groups in total. The fourth-order valence-corrected chi connectivity index (χ4v) is 3.23. The number of carbonyl (C=O) groups excluding carboxylic acids is 1. The van der Waals surface area contributed by atoms with E-state index in [0.717, 1.165) is 29.9 Å². The maximum atomic E-state index is 13.2. The van der Waals surface area contributed by atoms with Gasteiger partial charge in [-0.25, -0.2) is 9.18 Å². The van der Waals surface area contributed by atoms with Gasteiger partial charge in [0.15, 0.2) is 0 Å². The van der Waals surface area contributed by atoms with Crippen LogP contribution in [-0.2, 0) is 0 Å². The van der Waals surface area contributed by atoms with Crippen LogP contribution in [0.4, 0.5) is 14.9 Å². The summed E-state index contributed by atoms with van der Waals surface area (Å²) in [6.45, 7) is 4.37. The molecule has 1 saturated heterocycles. The highest BCUT2D eigenvalue weighted by Gasteiger charge is 2.33. The molecule has 23 heavy (non-hydrogen) atoms. The van der Waals surface area contributed by atoms with Crippen molar-refractivity contribution >= 4 is 23.3 Å². The summed E-state index contributed by atoms with van der Waals surface area (Å²) >= 11 is 5.75. The van der Waals surface area contributed by atoms with E-state index in [1.807, 2.05) is 13.8 Å². The molecule has 3 rings (SSSR count). The molecule has 0 spiro atoms. The third-order valence-electron chi connectivity index (χ3n) is 4.11. The molecule has 1 atom stereocenters. The minimum absolute atomic E-state index is 0.0218. The van der Waals surface area contributed by atoms with Gasteiger partial charge in [0.1, 0.15) is 11.6 Å². The number of amides is 2. The first-order valence-electron chi connectivity index (χ1n) is 7.43. The first-order chi connectivity index (χ1) is 11.0. The van der Waals surface area contributed by atoms with Gasteiger partial charge in [0.25, 0.3) is 0 Å². The lowest BCUT2D eigenvalue weighted by Crippen LogP contribution is -2.34. The number of hydrogen-bond donors (Lipinski definition) is 1. The highest BCUT2D eigenvalue weighted by Crippen LogP contribution is 2.36. The Bertz CT molecular complexity index is 727. The zero-order chi connectivity index (χ0) is 16.6. The zero-order valence-corrected chi connectivity index (χ0v) is 13.7. The number of rotatable bonds is 2. The third kappa shape index (κ3) is 3.03. The van der Waals surface area contributed by atoms with Crippen LogP contribution in [0.15, 0.2) is 22.7 Å². The van der Waals surface area contributed by atoms with Crippen molar-refractivity contribution < 1.29 is 13.7 Å². The molecule has 0 aliphatic carbocycles. The van der Waals surface area contributed by atoms with Gasteiger partial charge in [0.2, 0.25) is 0 Å². The van der Waals surface area contributed by atoms with Crippen molar-refractivity contribution in [2.45, 2.75) is 32.7 Å². The smallest absolute Gasteiger partial charge is 0.322 e. The third-order valence-corrected chi connectivity index (χ3v) is 4.40. The fraction of sp³-hybridized carbons (Fsp3) is 0.375. The van der Waals surface area contributed by atoms with Gasteiger partial charge in [-0.05, 0) is 44.9 Å². The number of likely N-dealkylation sites (tertiary alicyclic amines) is 1. The lowest BCUT2D eigenvalue weighted by molar-refractivity contribution is 0.206. The molecule has 1 aromatic carbocycles. The predicted molar refractivity (Wildman–Crippen MR) is 85.1 cm³/mol. The van der Waals surface area contributed by atoms with E-state index >= 15 is 0 Å². The lowest BCUT2D eigenvalue weighted by Gasteiger charge is -2.25. The monoisotopic (exact) mass is 337 g/mol. The number of nitrogens with one attached hydrogen (secondary N) is 1. The predicted octanol–water partition coefficient (Wildman–Crippen LogP) is 4.45. The molecule has 2 aromatic rings. The first kappa shape index (κ1) is 15.8. The number of benzene rings is 1. The van der Waals surface area contributed by atoms with Crippen LogP contribution in [-0.4, -0.2) is 22.6 Å².